The normalized spacial score (nSPS) is 13.8. The Balaban J connectivity index is 2.37. The minimum Gasteiger partial charge on any atom is -0.289 e. The summed E-state index contributed by atoms with van der Waals surface area (Å²) >= 11 is 0. The van der Waals surface area contributed by atoms with Crippen LogP contribution in [0.3, 0.4) is 0 Å². The molecule has 0 radical (unpaired) electrons. The van der Waals surface area contributed by atoms with Crippen molar-refractivity contribution in [3.05, 3.63) is 64.7 Å². The molecule has 21 heavy (non-hydrogen) atoms. The Hall–Kier alpha value is -2.31. The van der Waals surface area contributed by atoms with E-state index in [1.54, 1.807) is 18.2 Å². The Kier molecular flexibility index (Phi) is 3.00. The first-order valence-electron chi connectivity index (χ1n) is 6.09. The van der Waals surface area contributed by atoms with E-state index in [1.807, 2.05) is 0 Å². The van der Waals surface area contributed by atoms with Crippen LogP contribution in [0.15, 0.2) is 47.4 Å². The number of benzene rings is 2. The van der Waals surface area contributed by atoms with Crippen LogP contribution in [0.2, 0.25) is 0 Å². The van der Waals surface area contributed by atoms with Crippen LogP contribution in [0.25, 0.3) is 0 Å². The summed E-state index contributed by atoms with van der Waals surface area (Å²) in [6.45, 7) is 0. The van der Waals surface area contributed by atoms with Gasteiger partial charge in [0.05, 0.1) is 12.7 Å². The van der Waals surface area contributed by atoms with Crippen LogP contribution in [-0.2, 0) is 14.3 Å². The second-order valence-electron chi connectivity index (χ2n) is 4.50. The van der Waals surface area contributed by atoms with Crippen molar-refractivity contribution >= 4 is 21.7 Å². The van der Waals surface area contributed by atoms with E-state index in [4.69, 9.17) is 0 Å². The highest BCUT2D eigenvalue weighted by atomic mass is 32.2. The van der Waals surface area contributed by atoms with Gasteiger partial charge in [-0.2, -0.15) is 8.42 Å². The maximum Gasteiger partial charge on any atom is 0.297 e. The molecule has 0 spiro atoms. The van der Waals surface area contributed by atoms with E-state index in [-0.39, 0.29) is 32.9 Å². The van der Waals surface area contributed by atoms with Gasteiger partial charge in [0.15, 0.2) is 11.6 Å². The highest BCUT2D eigenvalue weighted by molar-refractivity contribution is 7.86. The number of ketones is 2. The summed E-state index contributed by atoms with van der Waals surface area (Å²) in [6, 6.07) is 10.5. The van der Waals surface area contributed by atoms with E-state index in [0.717, 1.165) is 7.11 Å². The third-order valence-electron chi connectivity index (χ3n) is 3.40. The molecule has 0 N–H and O–H groups in total. The number of hydrogen-bond donors (Lipinski definition) is 0. The zero-order valence-electron chi connectivity index (χ0n) is 11.0. The molecule has 0 saturated heterocycles. The molecular weight excluding hydrogens is 292 g/mol. The van der Waals surface area contributed by atoms with E-state index in [2.05, 4.69) is 4.18 Å². The maximum absolute atomic E-state index is 12.6. The van der Waals surface area contributed by atoms with Crippen LogP contribution in [0, 0.1) is 0 Å². The summed E-state index contributed by atoms with van der Waals surface area (Å²) in [5, 5.41) is 0. The molecule has 0 heterocycles. The van der Waals surface area contributed by atoms with Gasteiger partial charge in [0.1, 0.15) is 4.90 Å². The molecule has 0 unspecified atom stereocenters. The van der Waals surface area contributed by atoms with E-state index in [0.29, 0.717) is 0 Å². The second kappa shape index (κ2) is 4.61. The van der Waals surface area contributed by atoms with Gasteiger partial charge in [0.25, 0.3) is 10.1 Å². The zero-order valence-corrected chi connectivity index (χ0v) is 11.8. The molecule has 106 valence electrons. The molecule has 0 bridgehead atoms. The average Bonchev–Trinajstić information content (AvgIpc) is 2.52. The Morgan fingerprint density at radius 2 is 1.38 bits per heavy atom. The van der Waals surface area contributed by atoms with Crippen LogP contribution >= 0.6 is 0 Å². The predicted octanol–water partition coefficient (Wildman–Crippen LogP) is 1.80. The largest absolute Gasteiger partial charge is 0.297 e. The quantitative estimate of drug-likeness (QED) is 0.675. The molecule has 0 atom stereocenters. The van der Waals surface area contributed by atoms with Crippen molar-refractivity contribution in [1.82, 2.24) is 0 Å². The van der Waals surface area contributed by atoms with Gasteiger partial charge in [-0.05, 0) is 6.07 Å². The minimum absolute atomic E-state index is 0.0804. The fourth-order valence-corrected chi connectivity index (χ4v) is 3.29. The molecule has 0 saturated carbocycles. The summed E-state index contributed by atoms with van der Waals surface area (Å²) in [6.07, 6.45) is 0. The molecule has 6 heteroatoms. The SMILES string of the molecule is COS(=O)(=O)c1cccc2c1C(=O)c1ccccc1C2=O. The maximum atomic E-state index is 12.6. The lowest BCUT2D eigenvalue weighted by molar-refractivity contribution is 0.0976. The van der Waals surface area contributed by atoms with Gasteiger partial charge in [-0.3, -0.25) is 13.8 Å². The first-order valence-corrected chi connectivity index (χ1v) is 7.50. The lowest BCUT2D eigenvalue weighted by Crippen LogP contribution is -2.23. The zero-order chi connectivity index (χ0) is 15.2. The highest BCUT2D eigenvalue weighted by Gasteiger charge is 2.34. The van der Waals surface area contributed by atoms with E-state index in [1.165, 1.54) is 24.3 Å². The molecule has 0 aromatic heterocycles. The third-order valence-corrected chi connectivity index (χ3v) is 4.72. The van der Waals surface area contributed by atoms with Gasteiger partial charge in [0, 0.05) is 16.7 Å². The summed E-state index contributed by atoms with van der Waals surface area (Å²) in [5.74, 6) is -0.857. The lowest BCUT2D eigenvalue weighted by Gasteiger charge is -2.19. The number of fused-ring (bicyclic) bond motifs is 2. The summed E-state index contributed by atoms with van der Waals surface area (Å²) < 4.78 is 28.4. The van der Waals surface area contributed by atoms with Crippen molar-refractivity contribution < 1.29 is 22.2 Å². The van der Waals surface area contributed by atoms with Gasteiger partial charge in [-0.15, -0.1) is 0 Å². The molecule has 5 nitrogen and oxygen atoms in total. The van der Waals surface area contributed by atoms with Crippen molar-refractivity contribution in [3.8, 4) is 0 Å². The van der Waals surface area contributed by atoms with Crippen LogP contribution in [0.4, 0.5) is 0 Å². The highest BCUT2D eigenvalue weighted by Crippen LogP contribution is 2.31. The molecule has 0 aliphatic heterocycles. The third kappa shape index (κ3) is 1.91. The fourth-order valence-electron chi connectivity index (χ4n) is 2.41. The number of carbonyl (C=O) groups is 2. The van der Waals surface area contributed by atoms with E-state index >= 15 is 0 Å². The number of carbonyl (C=O) groups excluding carboxylic acids is 2. The van der Waals surface area contributed by atoms with Gasteiger partial charge in [-0.1, -0.05) is 36.4 Å². The Bertz CT molecular complexity index is 881. The predicted molar refractivity (Wildman–Crippen MR) is 73.9 cm³/mol. The first-order chi connectivity index (χ1) is 9.97. The van der Waals surface area contributed by atoms with Crippen LogP contribution in [-0.4, -0.2) is 27.1 Å². The Morgan fingerprint density at radius 1 is 0.810 bits per heavy atom. The molecule has 2 aromatic carbocycles. The monoisotopic (exact) mass is 302 g/mol. The number of rotatable bonds is 2. The van der Waals surface area contributed by atoms with Crippen molar-refractivity contribution in [2.75, 3.05) is 7.11 Å². The van der Waals surface area contributed by atoms with Crippen LogP contribution in [0.5, 0.6) is 0 Å². The number of hydrogen-bond acceptors (Lipinski definition) is 5. The molecular formula is C15H10O5S. The standard InChI is InChI=1S/C15H10O5S/c1-20-21(18,19)12-8-4-7-11-13(12)15(17)10-6-3-2-5-9(10)14(11)16/h2-8H,1H3. The molecule has 1 aliphatic rings. The van der Waals surface area contributed by atoms with Crippen molar-refractivity contribution in [1.29, 1.82) is 0 Å². The van der Waals surface area contributed by atoms with Gasteiger partial charge in [0.2, 0.25) is 0 Å². The van der Waals surface area contributed by atoms with Crippen LogP contribution in [0.1, 0.15) is 31.8 Å². The first kappa shape index (κ1) is 13.7. The fraction of sp³-hybridized carbons (Fsp3) is 0.0667. The molecule has 2 aromatic rings. The minimum atomic E-state index is -4.07. The van der Waals surface area contributed by atoms with Crippen molar-refractivity contribution in [3.63, 3.8) is 0 Å². The smallest absolute Gasteiger partial charge is 0.289 e. The van der Waals surface area contributed by atoms with Crippen molar-refractivity contribution in [2.24, 2.45) is 0 Å². The topological polar surface area (TPSA) is 77.5 Å². The molecule has 3 rings (SSSR count). The second-order valence-corrected chi connectivity index (χ2v) is 6.18. The molecule has 1 aliphatic carbocycles. The summed E-state index contributed by atoms with van der Waals surface area (Å²) in [7, 11) is -3.06. The molecule has 0 fully saturated rings. The van der Waals surface area contributed by atoms with E-state index < -0.39 is 15.9 Å². The van der Waals surface area contributed by atoms with Crippen LogP contribution < -0.4 is 0 Å². The lowest BCUT2D eigenvalue weighted by atomic mass is 9.84. The van der Waals surface area contributed by atoms with E-state index in [9.17, 15) is 18.0 Å². The van der Waals surface area contributed by atoms with Gasteiger partial charge >= 0.3 is 0 Å². The summed E-state index contributed by atoms with van der Waals surface area (Å²) in [4.78, 5) is 24.7. The molecule has 0 amide bonds. The van der Waals surface area contributed by atoms with Gasteiger partial charge < -0.3 is 0 Å². The summed E-state index contributed by atoms with van der Waals surface area (Å²) in [5.41, 5.74) is 0.440. The van der Waals surface area contributed by atoms with Gasteiger partial charge in [-0.25, -0.2) is 0 Å². The average molecular weight is 302 g/mol. The Morgan fingerprint density at radius 3 is 2.00 bits per heavy atom. The Labute approximate surface area is 121 Å². The van der Waals surface area contributed by atoms with Crippen molar-refractivity contribution in [2.45, 2.75) is 4.90 Å².